The summed E-state index contributed by atoms with van der Waals surface area (Å²) in [6.07, 6.45) is 5.62. The van der Waals surface area contributed by atoms with E-state index in [9.17, 15) is 0 Å². The van der Waals surface area contributed by atoms with Gasteiger partial charge in [0.1, 0.15) is 0 Å². The molecule has 1 nitrogen and oxygen atoms in total. The van der Waals surface area contributed by atoms with Crippen molar-refractivity contribution in [1.29, 1.82) is 0 Å². The van der Waals surface area contributed by atoms with Crippen molar-refractivity contribution >= 4 is 0 Å². The smallest absolute Gasteiger partial charge is 0.00209 e. The quantitative estimate of drug-likeness (QED) is 0.709. The predicted octanol–water partition coefficient (Wildman–Crippen LogP) is 3.06. The zero-order valence-electron chi connectivity index (χ0n) is 9.69. The molecule has 1 heteroatoms. The molecule has 1 fully saturated rings. The highest BCUT2D eigenvalue weighted by Crippen LogP contribution is 2.42. The van der Waals surface area contributed by atoms with Crippen molar-refractivity contribution < 1.29 is 0 Å². The van der Waals surface area contributed by atoms with Gasteiger partial charge in [0.2, 0.25) is 0 Å². The van der Waals surface area contributed by atoms with E-state index in [1.165, 1.54) is 32.2 Å². The lowest BCUT2D eigenvalue weighted by Crippen LogP contribution is -2.34. The topological polar surface area (TPSA) is 12.0 Å². The van der Waals surface area contributed by atoms with Gasteiger partial charge in [-0.25, -0.2) is 0 Å². The van der Waals surface area contributed by atoms with E-state index in [4.69, 9.17) is 0 Å². The fourth-order valence-corrected chi connectivity index (χ4v) is 2.80. The molecule has 0 aromatic carbocycles. The fraction of sp³-hybridized carbons (Fsp3) is 1.00. The summed E-state index contributed by atoms with van der Waals surface area (Å²) in [5.41, 5.74) is 0.602. The van der Waals surface area contributed by atoms with Crippen molar-refractivity contribution in [3.8, 4) is 0 Å². The fourth-order valence-electron chi connectivity index (χ4n) is 2.80. The van der Waals surface area contributed by atoms with Crippen molar-refractivity contribution in [2.45, 2.75) is 46.5 Å². The van der Waals surface area contributed by atoms with Crippen LogP contribution < -0.4 is 5.32 Å². The molecule has 0 aliphatic heterocycles. The highest BCUT2D eigenvalue weighted by atomic mass is 14.8. The van der Waals surface area contributed by atoms with Crippen molar-refractivity contribution in [2.75, 3.05) is 13.6 Å². The molecule has 2 unspecified atom stereocenters. The van der Waals surface area contributed by atoms with Crippen molar-refractivity contribution in [2.24, 2.45) is 17.3 Å². The van der Waals surface area contributed by atoms with Gasteiger partial charge in [-0.2, -0.15) is 0 Å². The summed E-state index contributed by atoms with van der Waals surface area (Å²) in [5.74, 6) is 1.89. The predicted molar refractivity (Wildman–Crippen MR) is 58.8 cm³/mol. The van der Waals surface area contributed by atoms with Crippen LogP contribution in [0.1, 0.15) is 46.5 Å². The molecular formula is C12H25N. The van der Waals surface area contributed by atoms with Gasteiger partial charge >= 0.3 is 0 Å². The lowest BCUT2D eigenvalue weighted by Gasteiger charge is -2.40. The molecule has 0 heterocycles. The molecule has 0 aromatic heterocycles. The van der Waals surface area contributed by atoms with Gasteiger partial charge in [-0.1, -0.05) is 27.2 Å². The maximum absolute atomic E-state index is 3.33. The Morgan fingerprint density at radius 3 is 2.54 bits per heavy atom. The summed E-state index contributed by atoms with van der Waals surface area (Å²) in [6, 6.07) is 0. The minimum absolute atomic E-state index is 0.602. The van der Waals surface area contributed by atoms with Crippen LogP contribution in [0.4, 0.5) is 0 Å². The van der Waals surface area contributed by atoms with E-state index in [1.54, 1.807) is 0 Å². The second kappa shape index (κ2) is 4.45. The molecule has 1 N–H and O–H groups in total. The normalized spacial score (nSPS) is 33.2. The van der Waals surface area contributed by atoms with E-state index >= 15 is 0 Å². The third-order valence-electron chi connectivity index (χ3n) is 3.66. The van der Waals surface area contributed by atoms with Crippen molar-refractivity contribution in [3.05, 3.63) is 0 Å². The molecule has 0 amide bonds. The van der Waals surface area contributed by atoms with E-state index < -0.39 is 0 Å². The molecule has 1 aliphatic rings. The molecule has 78 valence electrons. The largest absolute Gasteiger partial charge is 0.319 e. The molecule has 1 rings (SSSR count). The Morgan fingerprint density at radius 2 is 2.00 bits per heavy atom. The second-order valence-corrected chi connectivity index (χ2v) is 5.39. The summed E-state index contributed by atoms with van der Waals surface area (Å²) in [4.78, 5) is 0. The minimum atomic E-state index is 0.602. The Kier molecular flexibility index (Phi) is 3.78. The van der Waals surface area contributed by atoms with Crippen LogP contribution in [-0.4, -0.2) is 13.6 Å². The molecule has 13 heavy (non-hydrogen) atoms. The Morgan fingerprint density at radius 1 is 1.31 bits per heavy atom. The number of nitrogens with one attached hydrogen (secondary N) is 1. The van der Waals surface area contributed by atoms with Gasteiger partial charge in [0, 0.05) is 0 Å². The Hall–Kier alpha value is -0.0400. The summed E-state index contributed by atoms with van der Waals surface area (Å²) in [7, 11) is 2.08. The number of rotatable bonds is 3. The maximum Gasteiger partial charge on any atom is -0.00209 e. The van der Waals surface area contributed by atoms with Crippen molar-refractivity contribution in [3.63, 3.8) is 0 Å². The van der Waals surface area contributed by atoms with Crippen LogP contribution in [0.5, 0.6) is 0 Å². The van der Waals surface area contributed by atoms with E-state index in [0.29, 0.717) is 5.41 Å². The summed E-state index contributed by atoms with van der Waals surface area (Å²) >= 11 is 0. The first-order valence-corrected chi connectivity index (χ1v) is 5.73. The second-order valence-electron chi connectivity index (χ2n) is 5.39. The monoisotopic (exact) mass is 183 g/mol. The molecule has 1 saturated carbocycles. The Balaban J connectivity index is 2.50. The van der Waals surface area contributed by atoms with Gasteiger partial charge in [-0.05, 0) is 50.1 Å². The first kappa shape index (κ1) is 11.0. The van der Waals surface area contributed by atoms with Crippen LogP contribution in [0.15, 0.2) is 0 Å². The summed E-state index contributed by atoms with van der Waals surface area (Å²) < 4.78 is 0. The SMILES string of the molecule is CCC1CC(C)(C)CCC1CNC. The number of hydrogen-bond donors (Lipinski definition) is 1. The average Bonchev–Trinajstić information content (AvgIpc) is 2.08. The number of hydrogen-bond acceptors (Lipinski definition) is 1. The summed E-state index contributed by atoms with van der Waals surface area (Å²) in [5, 5.41) is 3.33. The molecule has 0 aromatic rings. The summed E-state index contributed by atoms with van der Waals surface area (Å²) in [6.45, 7) is 8.40. The zero-order chi connectivity index (χ0) is 9.90. The van der Waals surface area contributed by atoms with Crippen LogP contribution >= 0.6 is 0 Å². The van der Waals surface area contributed by atoms with Gasteiger partial charge in [-0.3, -0.25) is 0 Å². The van der Waals surface area contributed by atoms with Gasteiger partial charge in [-0.15, -0.1) is 0 Å². The highest BCUT2D eigenvalue weighted by molar-refractivity contribution is 4.84. The molecular weight excluding hydrogens is 158 g/mol. The third kappa shape index (κ3) is 2.98. The molecule has 0 radical (unpaired) electrons. The van der Waals surface area contributed by atoms with Gasteiger partial charge in [0.05, 0.1) is 0 Å². The van der Waals surface area contributed by atoms with Gasteiger partial charge in [0.15, 0.2) is 0 Å². The first-order chi connectivity index (χ1) is 6.09. The molecule has 0 saturated heterocycles. The lowest BCUT2D eigenvalue weighted by atomic mass is 9.66. The highest BCUT2D eigenvalue weighted by Gasteiger charge is 2.33. The first-order valence-electron chi connectivity index (χ1n) is 5.73. The van der Waals surface area contributed by atoms with Crippen LogP contribution in [0.2, 0.25) is 0 Å². The maximum atomic E-state index is 3.33. The van der Waals surface area contributed by atoms with E-state index in [1.807, 2.05) is 0 Å². The van der Waals surface area contributed by atoms with E-state index in [2.05, 4.69) is 33.1 Å². The molecule has 2 atom stereocenters. The van der Waals surface area contributed by atoms with Crippen LogP contribution in [-0.2, 0) is 0 Å². The van der Waals surface area contributed by atoms with Gasteiger partial charge < -0.3 is 5.32 Å². The molecule has 0 bridgehead atoms. The average molecular weight is 183 g/mol. The third-order valence-corrected chi connectivity index (χ3v) is 3.66. The van der Waals surface area contributed by atoms with Gasteiger partial charge in [0.25, 0.3) is 0 Å². The Bertz CT molecular complexity index is 151. The molecule has 1 aliphatic carbocycles. The lowest BCUT2D eigenvalue weighted by molar-refractivity contribution is 0.114. The minimum Gasteiger partial charge on any atom is -0.319 e. The van der Waals surface area contributed by atoms with Crippen molar-refractivity contribution in [1.82, 2.24) is 5.32 Å². The Labute approximate surface area is 83.3 Å². The zero-order valence-corrected chi connectivity index (χ0v) is 9.69. The molecule has 0 spiro atoms. The van der Waals surface area contributed by atoms with Crippen LogP contribution in [0.25, 0.3) is 0 Å². The van der Waals surface area contributed by atoms with E-state index in [-0.39, 0.29) is 0 Å². The van der Waals surface area contributed by atoms with E-state index in [0.717, 1.165) is 11.8 Å². The van der Waals surface area contributed by atoms with Crippen LogP contribution in [0, 0.1) is 17.3 Å². The standard InChI is InChI=1S/C12H25N/c1-5-10-8-12(2,3)7-6-11(10)9-13-4/h10-11,13H,5-9H2,1-4H3. The van der Waals surface area contributed by atoms with Crippen LogP contribution in [0.3, 0.4) is 0 Å².